The molecule has 26 heavy (non-hydrogen) atoms. The van der Waals surface area contributed by atoms with Crippen LogP contribution in [0, 0.1) is 23.2 Å². The molecule has 6 atom stereocenters. The SMILES string of the molecule is C[C@H]1CCC[C@]2(C)C[C@H]3OC(=O)[C@@H](C[NH+](C)Cc4ccccc4)[C@H]3C=C12. The van der Waals surface area contributed by atoms with Crippen LogP contribution in [0.3, 0.4) is 0 Å². The summed E-state index contributed by atoms with van der Waals surface area (Å²) in [5.41, 5.74) is 3.17. The van der Waals surface area contributed by atoms with Gasteiger partial charge in [0.05, 0.1) is 13.6 Å². The number of carbonyl (C=O) groups excluding carboxylic acids is 1. The van der Waals surface area contributed by atoms with E-state index in [1.54, 1.807) is 5.57 Å². The maximum Gasteiger partial charge on any atom is 0.315 e. The van der Waals surface area contributed by atoms with E-state index in [1.165, 1.54) is 29.7 Å². The van der Waals surface area contributed by atoms with Gasteiger partial charge in [0, 0.05) is 11.5 Å². The van der Waals surface area contributed by atoms with E-state index >= 15 is 0 Å². The fourth-order valence-corrected chi connectivity index (χ4v) is 5.67. The predicted octanol–water partition coefficient (Wildman–Crippen LogP) is 3.02. The number of nitrogens with one attached hydrogen (secondary N) is 1. The summed E-state index contributed by atoms with van der Waals surface area (Å²) in [6.07, 6.45) is 7.41. The van der Waals surface area contributed by atoms with Crippen LogP contribution >= 0.6 is 0 Å². The number of esters is 1. The lowest BCUT2D eigenvalue weighted by Gasteiger charge is -2.46. The normalized spacial score (nSPS) is 37.3. The van der Waals surface area contributed by atoms with Crippen molar-refractivity contribution in [1.29, 1.82) is 0 Å². The Morgan fingerprint density at radius 2 is 2.04 bits per heavy atom. The summed E-state index contributed by atoms with van der Waals surface area (Å²) in [5.74, 6) is 0.964. The fraction of sp³-hybridized carbons (Fsp3) is 0.609. The monoisotopic (exact) mass is 354 g/mol. The quantitative estimate of drug-likeness (QED) is 0.666. The molecule has 1 saturated carbocycles. The average Bonchev–Trinajstić information content (AvgIpc) is 2.88. The number of hydrogen-bond acceptors (Lipinski definition) is 2. The summed E-state index contributed by atoms with van der Waals surface area (Å²) in [5, 5.41) is 0. The third-order valence-corrected chi connectivity index (χ3v) is 7.00. The van der Waals surface area contributed by atoms with Crippen molar-refractivity contribution in [2.75, 3.05) is 13.6 Å². The van der Waals surface area contributed by atoms with Crippen LogP contribution in [0.5, 0.6) is 0 Å². The standard InChI is InChI=1S/C23H31NO2/c1-16-8-7-11-23(2)13-21-18(12-20(16)23)19(22(25)26-21)15-24(3)14-17-9-5-4-6-10-17/h4-6,9-10,12,16,18-19,21H,7-8,11,13-15H2,1-3H3/p+1/t16-,18+,19-,21+,23+/m0/s1. The topological polar surface area (TPSA) is 30.7 Å². The molecule has 3 nitrogen and oxygen atoms in total. The van der Waals surface area contributed by atoms with Gasteiger partial charge >= 0.3 is 5.97 Å². The van der Waals surface area contributed by atoms with E-state index in [4.69, 9.17) is 4.74 Å². The summed E-state index contributed by atoms with van der Waals surface area (Å²) in [4.78, 5) is 14.0. The lowest BCUT2D eigenvalue weighted by atomic mass is 9.59. The van der Waals surface area contributed by atoms with E-state index in [2.05, 4.69) is 51.2 Å². The van der Waals surface area contributed by atoms with E-state index in [-0.39, 0.29) is 29.3 Å². The minimum absolute atomic E-state index is 0.00916. The molecule has 2 aliphatic carbocycles. The zero-order valence-corrected chi connectivity index (χ0v) is 16.3. The van der Waals surface area contributed by atoms with Crippen molar-refractivity contribution in [2.24, 2.45) is 23.2 Å². The number of ether oxygens (including phenoxy) is 1. The van der Waals surface area contributed by atoms with E-state index in [1.807, 2.05) is 6.07 Å². The molecule has 4 rings (SSSR count). The maximum atomic E-state index is 12.7. The lowest BCUT2D eigenvalue weighted by Crippen LogP contribution is -3.08. The Morgan fingerprint density at radius 3 is 2.81 bits per heavy atom. The van der Waals surface area contributed by atoms with Gasteiger partial charge in [-0.2, -0.15) is 0 Å². The molecule has 1 aliphatic heterocycles. The molecule has 1 unspecified atom stereocenters. The van der Waals surface area contributed by atoms with Crippen molar-refractivity contribution in [3.05, 3.63) is 47.5 Å². The first-order chi connectivity index (χ1) is 12.5. The Bertz CT molecular complexity index is 697. The molecular weight excluding hydrogens is 322 g/mol. The molecule has 3 aliphatic rings. The molecule has 0 aromatic heterocycles. The van der Waals surface area contributed by atoms with Crippen LogP contribution in [0.2, 0.25) is 0 Å². The number of carbonyl (C=O) groups is 1. The molecule has 0 spiro atoms. The molecule has 1 aromatic rings. The number of quaternary nitrogens is 1. The van der Waals surface area contributed by atoms with E-state index in [9.17, 15) is 4.79 Å². The first kappa shape index (κ1) is 17.8. The van der Waals surface area contributed by atoms with Crippen molar-refractivity contribution in [3.63, 3.8) is 0 Å². The molecule has 0 amide bonds. The highest BCUT2D eigenvalue weighted by Gasteiger charge is 2.52. The Labute approximate surface area is 157 Å². The predicted molar refractivity (Wildman–Crippen MR) is 103 cm³/mol. The minimum Gasteiger partial charge on any atom is -0.461 e. The highest BCUT2D eigenvalue weighted by atomic mass is 16.6. The molecule has 0 radical (unpaired) electrons. The second-order valence-corrected chi connectivity index (χ2v) is 9.16. The highest BCUT2D eigenvalue weighted by Crippen LogP contribution is 2.53. The van der Waals surface area contributed by atoms with Gasteiger partial charge < -0.3 is 9.64 Å². The van der Waals surface area contributed by atoms with Crippen molar-refractivity contribution in [1.82, 2.24) is 0 Å². The zero-order chi connectivity index (χ0) is 18.3. The van der Waals surface area contributed by atoms with Gasteiger partial charge in [-0.15, -0.1) is 0 Å². The second kappa shape index (κ2) is 6.84. The van der Waals surface area contributed by atoms with Crippen molar-refractivity contribution < 1.29 is 14.4 Å². The second-order valence-electron chi connectivity index (χ2n) is 9.16. The van der Waals surface area contributed by atoms with E-state index in [0.717, 1.165) is 19.5 Å². The molecule has 140 valence electrons. The van der Waals surface area contributed by atoms with E-state index < -0.39 is 0 Å². The smallest absolute Gasteiger partial charge is 0.315 e. The average molecular weight is 355 g/mol. The van der Waals surface area contributed by atoms with Crippen LogP contribution in [0.4, 0.5) is 0 Å². The van der Waals surface area contributed by atoms with Gasteiger partial charge in [-0.25, -0.2) is 0 Å². The van der Waals surface area contributed by atoms with Crippen molar-refractivity contribution >= 4 is 5.97 Å². The summed E-state index contributed by atoms with van der Waals surface area (Å²) >= 11 is 0. The highest BCUT2D eigenvalue weighted by molar-refractivity contribution is 5.76. The third kappa shape index (κ3) is 3.22. The Hall–Kier alpha value is -1.61. The van der Waals surface area contributed by atoms with Gasteiger partial charge in [0.2, 0.25) is 0 Å². The van der Waals surface area contributed by atoms with Crippen LogP contribution in [0.15, 0.2) is 42.0 Å². The molecule has 1 aromatic carbocycles. The lowest BCUT2D eigenvalue weighted by molar-refractivity contribution is -0.896. The molecule has 3 heteroatoms. The summed E-state index contributed by atoms with van der Waals surface area (Å²) in [6, 6.07) is 10.5. The number of allylic oxidation sites excluding steroid dienone is 1. The minimum atomic E-state index is 0.00916. The Balaban J connectivity index is 1.51. The molecule has 1 heterocycles. The fourth-order valence-electron chi connectivity index (χ4n) is 5.67. The van der Waals surface area contributed by atoms with Crippen molar-refractivity contribution in [2.45, 2.75) is 52.2 Å². The molecular formula is C23H32NO2+. The number of fused-ring (bicyclic) bond motifs is 2. The van der Waals surface area contributed by atoms with Gasteiger partial charge in [0.15, 0.2) is 0 Å². The molecule has 1 N–H and O–H groups in total. The van der Waals surface area contributed by atoms with E-state index in [0.29, 0.717) is 5.92 Å². The maximum absolute atomic E-state index is 12.7. The first-order valence-electron chi connectivity index (χ1n) is 10.2. The van der Waals surface area contributed by atoms with Crippen LogP contribution < -0.4 is 4.90 Å². The van der Waals surface area contributed by atoms with Crippen LogP contribution in [-0.2, 0) is 16.1 Å². The summed E-state index contributed by atoms with van der Waals surface area (Å²) in [6.45, 7) is 6.55. The third-order valence-electron chi connectivity index (χ3n) is 7.00. The van der Waals surface area contributed by atoms with Gasteiger partial charge in [-0.1, -0.05) is 62.2 Å². The van der Waals surface area contributed by atoms with Gasteiger partial charge in [0.1, 0.15) is 18.6 Å². The number of hydrogen-bond donors (Lipinski definition) is 1. The molecule has 0 bridgehead atoms. The molecule has 1 saturated heterocycles. The van der Waals surface area contributed by atoms with Crippen LogP contribution in [0.25, 0.3) is 0 Å². The molecule has 2 fully saturated rings. The van der Waals surface area contributed by atoms with Gasteiger partial charge in [-0.3, -0.25) is 4.79 Å². The first-order valence-corrected chi connectivity index (χ1v) is 10.2. The van der Waals surface area contributed by atoms with Crippen LogP contribution in [0.1, 0.15) is 45.1 Å². The van der Waals surface area contributed by atoms with Gasteiger partial charge in [0.25, 0.3) is 0 Å². The van der Waals surface area contributed by atoms with Crippen molar-refractivity contribution in [3.8, 4) is 0 Å². The Morgan fingerprint density at radius 1 is 1.27 bits per heavy atom. The largest absolute Gasteiger partial charge is 0.461 e. The summed E-state index contributed by atoms with van der Waals surface area (Å²) < 4.78 is 5.88. The van der Waals surface area contributed by atoms with Gasteiger partial charge in [-0.05, 0) is 30.6 Å². The number of rotatable bonds is 4. The van der Waals surface area contributed by atoms with Crippen LogP contribution in [-0.4, -0.2) is 25.7 Å². The number of benzene rings is 1. The Kier molecular flexibility index (Phi) is 4.68. The summed E-state index contributed by atoms with van der Waals surface area (Å²) in [7, 11) is 2.19. The zero-order valence-electron chi connectivity index (χ0n) is 16.3.